The molecule has 110 valence electrons. The summed E-state index contributed by atoms with van der Waals surface area (Å²) >= 11 is 0. The van der Waals surface area contributed by atoms with Gasteiger partial charge in [0.25, 0.3) is 11.5 Å². The Kier molecular flexibility index (Phi) is 4.50. The van der Waals surface area contributed by atoms with Crippen molar-refractivity contribution in [3.8, 4) is 5.75 Å². The standard InChI is InChI=1S/C13H15N5O3/c1-3-10-12(20)14-13(17-15-10)18-16-11(19)8-4-6-9(21-2)7-5-8/h4-7H,3H2,1-2H3,(H,16,19)(H2,14,17,18,20). The van der Waals surface area contributed by atoms with Crippen molar-refractivity contribution in [3.05, 3.63) is 45.9 Å². The molecule has 0 aliphatic heterocycles. The molecule has 0 unspecified atom stereocenters. The Morgan fingerprint density at radius 2 is 2.00 bits per heavy atom. The number of hydrazine groups is 1. The van der Waals surface area contributed by atoms with Gasteiger partial charge in [0.2, 0.25) is 5.95 Å². The predicted octanol–water partition coefficient (Wildman–Crippen LogP) is 0.493. The van der Waals surface area contributed by atoms with E-state index in [-0.39, 0.29) is 17.4 Å². The third kappa shape index (κ3) is 3.56. The fourth-order valence-electron chi connectivity index (χ4n) is 1.58. The van der Waals surface area contributed by atoms with Gasteiger partial charge in [-0.2, -0.15) is 0 Å². The van der Waals surface area contributed by atoms with Crippen molar-refractivity contribution in [3.63, 3.8) is 0 Å². The van der Waals surface area contributed by atoms with Gasteiger partial charge in [-0.1, -0.05) is 6.92 Å². The summed E-state index contributed by atoms with van der Waals surface area (Å²) in [4.78, 5) is 25.9. The Morgan fingerprint density at radius 3 is 2.57 bits per heavy atom. The first-order chi connectivity index (χ1) is 10.1. The van der Waals surface area contributed by atoms with Crippen LogP contribution in [0, 0.1) is 0 Å². The lowest BCUT2D eigenvalue weighted by molar-refractivity contribution is 0.0962. The highest BCUT2D eigenvalue weighted by Gasteiger charge is 2.07. The molecule has 1 aromatic heterocycles. The van der Waals surface area contributed by atoms with Crippen molar-refractivity contribution < 1.29 is 9.53 Å². The monoisotopic (exact) mass is 289 g/mol. The van der Waals surface area contributed by atoms with Gasteiger partial charge >= 0.3 is 0 Å². The fraction of sp³-hybridized carbons (Fsp3) is 0.231. The van der Waals surface area contributed by atoms with Crippen LogP contribution in [0.5, 0.6) is 5.75 Å². The van der Waals surface area contributed by atoms with Crippen LogP contribution >= 0.6 is 0 Å². The SMILES string of the molecule is CCc1nnc(NNC(=O)c2ccc(OC)cc2)[nH]c1=O. The quantitative estimate of drug-likeness (QED) is 0.691. The molecule has 0 aliphatic carbocycles. The topological polar surface area (TPSA) is 109 Å². The molecule has 0 radical (unpaired) electrons. The van der Waals surface area contributed by atoms with E-state index in [0.29, 0.717) is 23.4 Å². The zero-order valence-electron chi connectivity index (χ0n) is 11.6. The number of aromatic nitrogens is 3. The van der Waals surface area contributed by atoms with Crippen LogP contribution in [0.2, 0.25) is 0 Å². The average molecular weight is 289 g/mol. The highest BCUT2D eigenvalue weighted by Crippen LogP contribution is 2.10. The van der Waals surface area contributed by atoms with Crippen LogP contribution in [0.25, 0.3) is 0 Å². The molecule has 0 saturated carbocycles. The minimum absolute atomic E-state index is 0.0686. The van der Waals surface area contributed by atoms with Crippen molar-refractivity contribution in [1.29, 1.82) is 0 Å². The molecule has 0 saturated heterocycles. The summed E-state index contributed by atoms with van der Waals surface area (Å²) in [6.45, 7) is 1.80. The number of hydrogen-bond acceptors (Lipinski definition) is 6. The average Bonchev–Trinajstić information content (AvgIpc) is 2.52. The van der Waals surface area contributed by atoms with E-state index < -0.39 is 0 Å². The van der Waals surface area contributed by atoms with E-state index in [1.807, 2.05) is 0 Å². The summed E-state index contributed by atoms with van der Waals surface area (Å²) in [6.07, 6.45) is 0.487. The third-order valence-electron chi connectivity index (χ3n) is 2.75. The van der Waals surface area contributed by atoms with Crippen molar-refractivity contribution in [2.24, 2.45) is 0 Å². The molecule has 3 N–H and O–H groups in total. The number of benzene rings is 1. The first-order valence-corrected chi connectivity index (χ1v) is 6.30. The highest BCUT2D eigenvalue weighted by atomic mass is 16.5. The maximum atomic E-state index is 11.9. The molecule has 8 nitrogen and oxygen atoms in total. The Morgan fingerprint density at radius 1 is 1.29 bits per heavy atom. The first kappa shape index (κ1) is 14.5. The fourth-order valence-corrected chi connectivity index (χ4v) is 1.58. The number of nitrogens with zero attached hydrogens (tertiary/aromatic N) is 2. The molecule has 1 amide bonds. The predicted molar refractivity (Wildman–Crippen MR) is 76.1 cm³/mol. The van der Waals surface area contributed by atoms with Gasteiger partial charge in [0, 0.05) is 5.56 Å². The number of anilines is 1. The number of rotatable bonds is 5. The Bertz CT molecular complexity index is 681. The lowest BCUT2D eigenvalue weighted by Crippen LogP contribution is -2.32. The normalized spacial score (nSPS) is 10.0. The maximum Gasteiger partial charge on any atom is 0.274 e. The summed E-state index contributed by atoms with van der Waals surface area (Å²) in [6, 6.07) is 6.58. The van der Waals surface area contributed by atoms with E-state index in [1.54, 1.807) is 38.3 Å². The number of H-pyrrole nitrogens is 1. The van der Waals surface area contributed by atoms with E-state index >= 15 is 0 Å². The second-order valence-electron chi connectivity index (χ2n) is 4.11. The molecule has 1 aromatic carbocycles. The number of amides is 1. The number of aromatic amines is 1. The molecule has 0 spiro atoms. The van der Waals surface area contributed by atoms with E-state index in [2.05, 4.69) is 26.0 Å². The zero-order chi connectivity index (χ0) is 15.2. The summed E-state index contributed by atoms with van der Waals surface area (Å²) in [5.41, 5.74) is 5.35. The van der Waals surface area contributed by atoms with Crippen molar-refractivity contribution in [2.45, 2.75) is 13.3 Å². The molecule has 0 fully saturated rings. The Labute approximate surface area is 120 Å². The number of ether oxygens (including phenoxy) is 1. The van der Waals surface area contributed by atoms with Crippen LogP contribution < -0.4 is 21.1 Å². The number of aryl methyl sites for hydroxylation is 1. The van der Waals surface area contributed by atoms with Gasteiger partial charge < -0.3 is 4.74 Å². The van der Waals surface area contributed by atoms with Gasteiger partial charge in [-0.3, -0.25) is 25.4 Å². The van der Waals surface area contributed by atoms with Crippen LogP contribution in [0.1, 0.15) is 23.0 Å². The first-order valence-electron chi connectivity index (χ1n) is 6.30. The maximum absolute atomic E-state index is 11.9. The van der Waals surface area contributed by atoms with Gasteiger partial charge in [0.1, 0.15) is 11.4 Å². The molecule has 0 aliphatic rings. The van der Waals surface area contributed by atoms with Gasteiger partial charge in [0.15, 0.2) is 0 Å². The number of nitrogens with one attached hydrogen (secondary N) is 3. The van der Waals surface area contributed by atoms with E-state index in [9.17, 15) is 9.59 Å². The van der Waals surface area contributed by atoms with Crippen molar-refractivity contribution in [2.75, 3.05) is 12.5 Å². The molecule has 8 heteroatoms. The van der Waals surface area contributed by atoms with Crippen LogP contribution in [0.15, 0.2) is 29.1 Å². The smallest absolute Gasteiger partial charge is 0.274 e. The Hall–Kier alpha value is -2.90. The molecular weight excluding hydrogens is 274 g/mol. The molecular formula is C13H15N5O3. The molecule has 2 rings (SSSR count). The van der Waals surface area contributed by atoms with Gasteiger partial charge in [-0.05, 0) is 30.7 Å². The summed E-state index contributed by atoms with van der Waals surface area (Å²) < 4.78 is 5.01. The van der Waals surface area contributed by atoms with Gasteiger partial charge in [-0.25, -0.2) is 0 Å². The van der Waals surface area contributed by atoms with Crippen LogP contribution in [0.4, 0.5) is 5.95 Å². The van der Waals surface area contributed by atoms with Gasteiger partial charge in [-0.15, -0.1) is 10.2 Å². The molecule has 21 heavy (non-hydrogen) atoms. The van der Waals surface area contributed by atoms with Crippen LogP contribution in [-0.4, -0.2) is 28.2 Å². The summed E-state index contributed by atoms with van der Waals surface area (Å²) in [7, 11) is 1.55. The van der Waals surface area contributed by atoms with Gasteiger partial charge in [0.05, 0.1) is 7.11 Å². The number of carbonyl (C=O) groups is 1. The number of methoxy groups -OCH3 is 1. The third-order valence-corrected chi connectivity index (χ3v) is 2.75. The molecule has 2 aromatic rings. The molecule has 0 atom stereocenters. The lowest BCUT2D eigenvalue weighted by Gasteiger charge is -2.07. The lowest BCUT2D eigenvalue weighted by atomic mass is 10.2. The van der Waals surface area contributed by atoms with E-state index in [0.717, 1.165) is 0 Å². The Balaban J connectivity index is 2.00. The van der Waals surface area contributed by atoms with Crippen molar-refractivity contribution in [1.82, 2.24) is 20.6 Å². The highest BCUT2D eigenvalue weighted by molar-refractivity contribution is 5.94. The van der Waals surface area contributed by atoms with Crippen LogP contribution in [-0.2, 0) is 6.42 Å². The van der Waals surface area contributed by atoms with E-state index in [1.165, 1.54) is 0 Å². The van der Waals surface area contributed by atoms with Crippen molar-refractivity contribution >= 4 is 11.9 Å². The molecule has 1 heterocycles. The summed E-state index contributed by atoms with van der Waals surface area (Å²) in [5, 5.41) is 7.50. The second-order valence-corrected chi connectivity index (χ2v) is 4.11. The minimum atomic E-state index is -0.375. The largest absolute Gasteiger partial charge is 0.497 e. The second kappa shape index (κ2) is 6.51. The number of hydrogen-bond donors (Lipinski definition) is 3. The minimum Gasteiger partial charge on any atom is -0.497 e. The summed E-state index contributed by atoms with van der Waals surface area (Å²) in [5.74, 6) is 0.351. The molecule has 0 bridgehead atoms. The number of carbonyl (C=O) groups excluding carboxylic acids is 1. The zero-order valence-corrected chi connectivity index (χ0v) is 11.6. The van der Waals surface area contributed by atoms with Crippen LogP contribution in [0.3, 0.4) is 0 Å². The van der Waals surface area contributed by atoms with E-state index in [4.69, 9.17) is 4.74 Å².